The zero-order valence-electron chi connectivity index (χ0n) is 7.11. The highest BCUT2D eigenvalue weighted by Crippen LogP contribution is 2.28. The second-order valence-corrected chi connectivity index (χ2v) is 4.42. The maximum absolute atomic E-state index is 11.2. The smallest absolute Gasteiger partial charge is 0.220 e. The van der Waals surface area contributed by atoms with Gasteiger partial charge in [0.25, 0.3) is 0 Å². The summed E-state index contributed by atoms with van der Waals surface area (Å²) in [5, 5.41) is 2.80. The van der Waals surface area contributed by atoms with Crippen LogP contribution in [0.5, 0.6) is 0 Å². The van der Waals surface area contributed by atoms with Crippen molar-refractivity contribution in [1.29, 1.82) is 0 Å². The molecule has 0 heterocycles. The summed E-state index contributed by atoms with van der Waals surface area (Å²) in [5.74, 6) is 0.800. The van der Waals surface area contributed by atoms with E-state index in [0.29, 0.717) is 18.9 Å². The van der Waals surface area contributed by atoms with Gasteiger partial charge >= 0.3 is 0 Å². The predicted molar refractivity (Wildman–Crippen MR) is 53.0 cm³/mol. The van der Waals surface area contributed by atoms with Gasteiger partial charge in [-0.05, 0) is 18.8 Å². The molecule has 0 saturated heterocycles. The standard InChI is InChI=1S/C9H14BrNO/c1-7(10)6-11-9(12)5-8-3-2-4-8/h8H,1-6H2,(H,11,12). The molecule has 0 aliphatic heterocycles. The molecule has 0 aromatic heterocycles. The zero-order chi connectivity index (χ0) is 8.97. The van der Waals surface area contributed by atoms with Crippen molar-refractivity contribution in [2.24, 2.45) is 5.92 Å². The maximum Gasteiger partial charge on any atom is 0.220 e. The average molecular weight is 232 g/mol. The quantitative estimate of drug-likeness (QED) is 0.790. The second kappa shape index (κ2) is 4.65. The van der Waals surface area contributed by atoms with Gasteiger partial charge in [0.05, 0.1) is 0 Å². The highest BCUT2D eigenvalue weighted by atomic mass is 79.9. The van der Waals surface area contributed by atoms with Crippen molar-refractivity contribution in [2.75, 3.05) is 6.54 Å². The van der Waals surface area contributed by atoms with Crippen LogP contribution in [0.15, 0.2) is 11.1 Å². The molecule has 1 aliphatic rings. The van der Waals surface area contributed by atoms with Crippen LogP contribution in [0.2, 0.25) is 0 Å². The Morgan fingerprint density at radius 1 is 1.58 bits per heavy atom. The first kappa shape index (κ1) is 9.78. The van der Waals surface area contributed by atoms with Crippen molar-refractivity contribution in [1.82, 2.24) is 5.32 Å². The number of amides is 1. The molecular weight excluding hydrogens is 218 g/mol. The summed E-state index contributed by atoms with van der Waals surface area (Å²) in [5.41, 5.74) is 0. The summed E-state index contributed by atoms with van der Waals surface area (Å²) in [6, 6.07) is 0. The molecule has 1 rings (SSSR count). The van der Waals surface area contributed by atoms with E-state index in [1.807, 2.05) is 0 Å². The molecule has 2 nitrogen and oxygen atoms in total. The third-order valence-corrected chi connectivity index (χ3v) is 2.46. The molecule has 0 bridgehead atoms. The Labute approximate surface area is 81.5 Å². The van der Waals surface area contributed by atoms with Crippen LogP contribution >= 0.6 is 15.9 Å². The van der Waals surface area contributed by atoms with E-state index in [2.05, 4.69) is 27.8 Å². The summed E-state index contributed by atoms with van der Waals surface area (Å²) in [7, 11) is 0. The minimum atomic E-state index is 0.153. The molecular formula is C9H14BrNO. The topological polar surface area (TPSA) is 29.1 Å². The van der Waals surface area contributed by atoms with Gasteiger partial charge in [-0.15, -0.1) is 0 Å². The molecule has 0 radical (unpaired) electrons. The Morgan fingerprint density at radius 2 is 2.25 bits per heavy atom. The molecule has 0 atom stereocenters. The summed E-state index contributed by atoms with van der Waals surface area (Å²) in [6.07, 6.45) is 4.44. The molecule has 1 saturated carbocycles. The first-order chi connectivity index (χ1) is 5.68. The van der Waals surface area contributed by atoms with E-state index in [0.717, 1.165) is 4.48 Å². The molecule has 3 heteroatoms. The lowest BCUT2D eigenvalue weighted by Crippen LogP contribution is -2.28. The van der Waals surface area contributed by atoms with E-state index in [9.17, 15) is 4.79 Å². The third-order valence-electron chi connectivity index (χ3n) is 2.18. The fourth-order valence-corrected chi connectivity index (χ4v) is 1.37. The summed E-state index contributed by atoms with van der Waals surface area (Å²) < 4.78 is 0.824. The second-order valence-electron chi connectivity index (χ2n) is 3.30. The van der Waals surface area contributed by atoms with Gasteiger partial charge in [-0.2, -0.15) is 0 Å². The maximum atomic E-state index is 11.2. The molecule has 0 aromatic rings. The SMILES string of the molecule is C=C(Br)CNC(=O)CC1CCC1. The van der Waals surface area contributed by atoms with Gasteiger partial charge in [0, 0.05) is 17.4 Å². The van der Waals surface area contributed by atoms with E-state index >= 15 is 0 Å². The predicted octanol–water partition coefficient (Wildman–Crippen LogP) is 2.20. The van der Waals surface area contributed by atoms with Gasteiger partial charge in [0.1, 0.15) is 0 Å². The lowest BCUT2D eigenvalue weighted by molar-refractivity contribution is -0.122. The van der Waals surface area contributed by atoms with Gasteiger partial charge in [0.2, 0.25) is 5.91 Å². The minimum Gasteiger partial charge on any atom is -0.352 e. The Balaban J connectivity index is 2.06. The lowest BCUT2D eigenvalue weighted by Gasteiger charge is -2.24. The van der Waals surface area contributed by atoms with Crippen LogP contribution < -0.4 is 5.32 Å². The number of rotatable bonds is 4. The Morgan fingerprint density at radius 3 is 2.67 bits per heavy atom. The molecule has 0 unspecified atom stereocenters. The van der Waals surface area contributed by atoms with Gasteiger partial charge < -0.3 is 5.32 Å². The van der Waals surface area contributed by atoms with Crippen molar-refractivity contribution < 1.29 is 4.79 Å². The highest BCUT2D eigenvalue weighted by Gasteiger charge is 2.20. The Hall–Kier alpha value is -0.310. The number of hydrogen-bond acceptors (Lipinski definition) is 1. The molecule has 1 N–H and O–H groups in total. The number of carbonyl (C=O) groups excluding carboxylic acids is 1. The molecule has 0 aromatic carbocycles. The van der Waals surface area contributed by atoms with Crippen molar-refractivity contribution in [3.63, 3.8) is 0 Å². The largest absolute Gasteiger partial charge is 0.352 e. The molecule has 1 aliphatic carbocycles. The molecule has 68 valence electrons. The van der Waals surface area contributed by atoms with Crippen molar-refractivity contribution in [3.05, 3.63) is 11.1 Å². The van der Waals surface area contributed by atoms with Gasteiger partial charge in [-0.1, -0.05) is 28.9 Å². The molecule has 1 amide bonds. The van der Waals surface area contributed by atoms with Crippen LogP contribution in [-0.4, -0.2) is 12.5 Å². The monoisotopic (exact) mass is 231 g/mol. The normalized spacial score (nSPS) is 16.8. The van der Waals surface area contributed by atoms with Crippen LogP contribution in [0.1, 0.15) is 25.7 Å². The summed E-state index contributed by atoms with van der Waals surface area (Å²) in [6.45, 7) is 4.19. The molecule has 0 spiro atoms. The fraction of sp³-hybridized carbons (Fsp3) is 0.667. The Bertz CT molecular complexity index is 187. The van der Waals surface area contributed by atoms with E-state index in [4.69, 9.17) is 0 Å². The first-order valence-electron chi connectivity index (χ1n) is 4.28. The third kappa shape index (κ3) is 3.39. The Kier molecular flexibility index (Phi) is 3.79. The zero-order valence-corrected chi connectivity index (χ0v) is 8.69. The van der Waals surface area contributed by atoms with Gasteiger partial charge in [-0.25, -0.2) is 0 Å². The van der Waals surface area contributed by atoms with Gasteiger partial charge in [-0.3, -0.25) is 4.79 Å². The average Bonchev–Trinajstić information content (AvgIpc) is 1.93. The van der Waals surface area contributed by atoms with Crippen molar-refractivity contribution in [3.8, 4) is 0 Å². The van der Waals surface area contributed by atoms with Crippen molar-refractivity contribution in [2.45, 2.75) is 25.7 Å². The van der Waals surface area contributed by atoms with E-state index < -0.39 is 0 Å². The lowest BCUT2D eigenvalue weighted by atomic mass is 9.83. The van der Waals surface area contributed by atoms with E-state index in [-0.39, 0.29) is 5.91 Å². The van der Waals surface area contributed by atoms with Gasteiger partial charge in [0.15, 0.2) is 0 Å². The number of nitrogens with one attached hydrogen (secondary N) is 1. The van der Waals surface area contributed by atoms with Crippen LogP contribution in [0.25, 0.3) is 0 Å². The molecule has 1 fully saturated rings. The minimum absolute atomic E-state index is 0.153. The van der Waals surface area contributed by atoms with E-state index in [1.54, 1.807) is 0 Å². The summed E-state index contributed by atoms with van der Waals surface area (Å²) in [4.78, 5) is 11.2. The fourth-order valence-electron chi connectivity index (χ4n) is 1.23. The highest BCUT2D eigenvalue weighted by molar-refractivity contribution is 9.11. The summed E-state index contributed by atoms with van der Waals surface area (Å²) >= 11 is 3.19. The van der Waals surface area contributed by atoms with Crippen LogP contribution in [-0.2, 0) is 4.79 Å². The molecule has 12 heavy (non-hydrogen) atoms. The first-order valence-corrected chi connectivity index (χ1v) is 5.08. The number of hydrogen-bond donors (Lipinski definition) is 1. The van der Waals surface area contributed by atoms with Crippen LogP contribution in [0.3, 0.4) is 0 Å². The number of carbonyl (C=O) groups is 1. The van der Waals surface area contributed by atoms with Crippen LogP contribution in [0.4, 0.5) is 0 Å². The van der Waals surface area contributed by atoms with E-state index in [1.165, 1.54) is 19.3 Å². The van der Waals surface area contributed by atoms with Crippen LogP contribution in [0, 0.1) is 5.92 Å². The van der Waals surface area contributed by atoms with Crippen molar-refractivity contribution >= 4 is 21.8 Å². The number of halogens is 1.